The number of halogens is 1. The largest absolute Gasteiger partial charge is 0.340 e. The van der Waals surface area contributed by atoms with Gasteiger partial charge in [0, 0.05) is 45.9 Å². The number of amides is 1. The second-order valence-corrected chi connectivity index (χ2v) is 9.10. The van der Waals surface area contributed by atoms with E-state index in [0.717, 1.165) is 6.42 Å². The summed E-state index contributed by atoms with van der Waals surface area (Å²) in [5.74, 6) is 0.890. The standard InChI is InChI=1S/C18H23ClN4O4S/c1-13-20-18(21-27-13)9-11-23(14(2)24)15-6-5-10-22(12-15)28(25,26)17-8-4-3-7-16(17)19/h3-4,7-8,15H,5-6,9-12H2,1-2H3. The maximum absolute atomic E-state index is 13.0. The zero-order valence-corrected chi connectivity index (χ0v) is 17.4. The molecule has 1 amide bonds. The Kier molecular flexibility index (Phi) is 6.36. The number of hydrogen-bond acceptors (Lipinski definition) is 6. The van der Waals surface area contributed by atoms with Crippen LogP contribution in [0.3, 0.4) is 0 Å². The summed E-state index contributed by atoms with van der Waals surface area (Å²) in [4.78, 5) is 18.2. The van der Waals surface area contributed by atoms with E-state index in [4.69, 9.17) is 16.1 Å². The molecule has 2 heterocycles. The fraction of sp³-hybridized carbons (Fsp3) is 0.500. The van der Waals surface area contributed by atoms with Gasteiger partial charge in [0.25, 0.3) is 0 Å². The maximum atomic E-state index is 13.0. The van der Waals surface area contributed by atoms with Crippen LogP contribution in [0.5, 0.6) is 0 Å². The number of piperidine rings is 1. The van der Waals surface area contributed by atoms with Crippen molar-refractivity contribution in [2.75, 3.05) is 19.6 Å². The summed E-state index contributed by atoms with van der Waals surface area (Å²) in [6.45, 7) is 4.23. The number of hydrogen-bond donors (Lipinski definition) is 0. The molecule has 1 saturated heterocycles. The maximum Gasteiger partial charge on any atom is 0.244 e. The van der Waals surface area contributed by atoms with E-state index in [9.17, 15) is 13.2 Å². The van der Waals surface area contributed by atoms with E-state index in [2.05, 4.69) is 10.1 Å². The Morgan fingerprint density at radius 2 is 2.14 bits per heavy atom. The van der Waals surface area contributed by atoms with E-state index in [1.165, 1.54) is 17.3 Å². The molecule has 1 aliphatic heterocycles. The molecular formula is C18H23ClN4O4S. The first-order valence-electron chi connectivity index (χ1n) is 9.10. The lowest BCUT2D eigenvalue weighted by molar-refractivity contribution is -0.131. The van der Waals surface area contributed by atoms with Crippen LogP contribution in [-0.2, 0) is 21.2 Å². The topological polar surface area (TPSA) is 96.6 Å². The van der Waals surface area contributed by atoms with Crippen molar-refractivity contribution in [3.8, 4) is 0 Å². The van der Waals surface area contributed by atoms with Crippen LogP contribution in [0.15, 0.2) is 33.7 Å². The van der Waals surface area contributed by atoms with E-state index >= 15 is 0 Å². The van der Waals surface area contributed by atoms with Crippen molar-refractivity contribution in [1.29, 1.82) is 0 Å². The second kappa shape index (κ2) is 8.59. The van der Waals surface area contributed by atoms with Crippen LogP contribution in [-0.4, -0.2) is 59.3 Å². The van der Waals surface area contributed by atoms with E-state index in [1.54, 1.807) is 30.0 Å². The van der Waals surface area contributed by atoms with E-state index in [1.807, 2.05) is 0 Å². The summed E-state index contributed by atoms with van der Waals surface area (Å²) in [7, 11) is -3.72. The molecule has 8 nitrogen and oxygen atoms in total. The van der Waals surface area contributed by atoms with Gasteiger partial charge in [-0.15, -0.1) is 0 Å². The molecule has 1 aliphatic rings. The average Bonchev–Trinajstić information content (AvgIpc) is 3.07. The SMILES string of the molecule is CC(=O)N(CCc1noc(C)n1)C1CCCN(S(=O)(=O)c2ccccc2Cl)C1. The van der Waals surface area contributed by atoms with Crippen LogP contribution in [0.25, 0.3) is 0 Å². The third kappa shape index (κ3) is 4.53. The number of sulfonamides is 1. The van der Waals surface area contributed by atoms with Gasteiger partial charge in [-0.25, -0.2) is 8.42 Å². The number of nitrogens with zero attached hydrogens (tertiary/aromatic N) is 4. The molecule has 0 N–H and O–H groups in total. The minimum atomic E-state index is -3.72. The van der Waals surface area contributed by atoms with Gasteiger partial charge in [0.2, 0.25) is 21.8 Å². The van der Waals surface area contributed by atoms with E-state index in [0.29, 0.717) is 37.6 Å². The van der Waals surface area contributed by atoms with Gasteiger partial charge in [0.15, 0.2) is 5.82 Å². The highest BCUT2D eigenvalue weighted by Gasteiger charge is 2.34. The summed E-state index contributed by atoms with van der Waals surface area (Å²) in [5.41, 5.74) is 0. The van der Waals surface area contributed by atoms with Crippen molar-refractivity contribution in [3.63, 3.8) is 0 Å². The predicted molar refractivity (Wildman–Crippen MR) is 103 cm³/mol. The molecule has 0 bridgehead atoms. The molecule has 0 spiro atoms. The van der Waals surface area contributed by atoms with Gasteiger partial charge in [-0.3, -0.25) is 4.79 Å². The van der Waals surface area contributed by atoms with E-state index in [-0.39, 0.29) is 28.4 Å². The molecule has 28 heavy (non-hydrogen) atoms. The van der Waals surface area contributed by atoms with Crippen molar-refractivity contribution in [3.05, 3.63) is 41.0 Å². The van der Waals surface area contributed by atoms with Gasteiger partial charge >= 0.3 is 0 Å². The highest BCUT2D eigenvalue weighted by molar-refractivity contribution is 7.89. The smallest absolute Gasteiger partial charge is 0.244 e. The molecule has 0 aliphatic carbocycles. The number of aryl methyl sites for hydroxylation is 1. The van der Waals surface area contributed by atoms with Gasteiger partial charge in [-0.2, -0.15) is 9.29 Å². The third-order valence-electron chi connectivity index (χ3n) is 4.80. The van der Waals surface area contributed by atoms with Crippen LogP contribution in [0.4, 0.5) is 0 Å². The lowest BCUT2D eigenvalue weighted by Gasteiger charge is -2.38. The van der Waals surface area contributed by atoms with Crippen molar-refractivity contribution < 1.29 is 17.7 Å². The summed E-state index contributed by atoms with van der Waals surface area (Å²) in [6, 6.07) is 6.19. The number of benzene rings is 1. The van der Waals surface area contributed by atoms with Gasteiger partial charge in [-0.05, 0) is 25.0 Å². The minimum absolute atomic E-state index is 0.0916. The molecular weight excluding hydrogens is 404 g/mol. The number of carbonyl (C=O) groups is 1. The average molecular weight is 427 g/mol. The zero-order chi connectivity index (χ0) is 20.3. The third-order valence-corrected chi connectivity index (χ3v) is 7.17. The van der Waals surface area contributed by atoms with E-state index < -0.39 is 10.0 Å². The minimum Gasteiger partial charge on any atom is -0.340 e. The Hall–Kier alpha value is -1.97. The highest BCUT2D eigenvalue weighted by Crippen LogP contribution is 2.27. The molecule has 1 fully saturated rings. The monoisotopic (exact) mass is 426 g/mol. The predicted octanol–water partition coefficient (Wildman–Crippen LogP) is 2.28. The summed E-state index contributed by atoms with van der Waals surface area (Å²) < 4.78 is 32.4. The lowest BCUT2D eigenvalue weighted by Crippen LogP contribution is -2.51. The molecule has 152 valence electrons. The Bertz CT molecular complexity index is 947. The molecule has 0 radical (unpaired) electrons. The summed E-state index contributed by atoms with van der Waals surface area (Å²) >= 11 is 6.10. The van der Waals surface area contributed by atoms with Crippen molar-refractivity contribution >= 4 is 27.5 Å². The van der Waals surface area contributed by atoms with Crippen LogP contribution in [0.1, 0.15) is 31.5 Å². The molecule has 1 atom stereocenters. The van der Waals surface area contributed by atoms with Gasteiger partial charge in [0.1, 0.15) is 4.90 Å². The van der Waals surface area contributed by atoms with Gasteiger partial charge in [0.05, 0.1) is 5.02 Å². The highest BCUT2D eigenvalue weighted by atomic mass is 35.5. The number of aromatic nitrogens is 2. The zero-order valence-electron chi connectivity index (χ0n) is 15.8. The quantitative estimate of drug-likeness (QED) is 0.702. The number of carbonyl (C=O) groups excluding carboxylic acids is 1. The first-order chi connectivity index (χ1) is 13.3. The molecule has 10 heteroatoms. The molecule has 0 saturated carbocycles. The summed E-state index contributed by atoms with van der Waals surface area (Å²) in [6.07, 6.45) is 1.85. The fourth-order valence-electron chi connectivity index (χ4n) is 3.45. The first kappa shape index (κ1) is 20.8. The summed E-state index contributed by atoms with van der Waals surface area (Å²) in [5, 5.41) is 4.05. The normalized spacial score (nSPS) is 18.2. The Morgan fingerprint density at radius 1 is 1.39 bits per heavy atom. The Balaban J connectivity index is 1.74. The Morgan fingerprint density at radius 3 is 2.79 bits per heavy atom. The Labute approximate surface area is 169 Å². The van der Waals surface area contributed by atoms with Gasteiger partial charge < -0.3 is 9.42 Å². The lowest BCUT2D eigenvalue weighted by atomic mass is 10.1. The van der Waals surface area contributed by atoms with Crippen LogP contribution < -0.4 is 0 Å². The molecule has 1 aromatic heterocycles. The van der Waals surface area contributed by atoms with Crippen molar-refractivity contribution in [1.82, 2.24) is 19.3 Å². The fourth-order valence-corrected chi connectivity index (χ4v) is 5.46. The van der Waals surface area contributed by atoms with Crippen molar-refractivity contribution in [2.24, 2.45) is 0 Å². The second-order valence-electron chi connectivity index (χ2n) is 6.78. The molecule has 3 rings (SSSR count). The first-order valence-corrected chi connectivity index (χ1v) is 10.9. The van der Waals surface area contributed by atoms with Crippen molar-refractivity contribution in [2.45, 2.75) is 44.0 Å². The molecule has 1 unspecified atom stereocenters. The van der Waals surface area contributed by atoms with Crippen LogP contribution in [0, 0.1) is 6.92 Å². The number of rotatable bonds is 6. The molecule has 2 aromatic rings. The van der Waals surface area contributed by atoms with Gasteiger partial charge in [-0.1, -0.05) is 28.9 Å². The molecule has 1 aromatic carbocycles. The van der Waals surface area contributed by atoms with Crippen LogP contribution in [0.2, 0.25) is 5.02 Å². The van der Waals surface area contributed by atoms with Crippen LogP contribution >= 0.6 is 11.6 Å².